The van der Waals surface area contributed by atoms with Gasteiger partial charge in [0.15, 0.2) is 0 Å². The Balaban J connectivity index is 1.55. The quantitative estimate of drug-likeness (QED) is 0.607. The molecule has 0 aliphatic rings. The molecule has 0 aliphatic carbocycles. The topological polar surface area (TPSA) is 72.2 Å². The van der Waals surface area contributed by atoms with Crippen molar-refractivity contribution in [1.82, 2.24) is 10.3 Å². The van der Waals surface area contributed by atoms with Gasteiger partial charge in [0.05, 0.1) is 11.4 Å². The summed E-state index contributed by atoms with van der Waals surface area (Å²) in [5.41, 5.74) is 4.95. The fourth-order valence-electron chi connectivity index (χ4n) is 2.88. The molecule has 0 saturated carbocycles. The van der Waals surface area contributed by atoms with Crippen LogP contribution in [0, 0.1) is 13.8 Å². The van der Waals surface area contributed by atoms with E-state index in [1.807, 2.05) is 55.5 Å². The number of hydrogen-bond donors (Lipinski definition) is 1. The number of carbonyl (C=O) groups excluding carboxylic acids is 1. The summed E-state index contributed by atoms with van der Waals surface area (Å²) in [6, 6.07) is 16.0. The van der Waals surface area contributed by atoms with Gasteiger partial charge in [0.2, 0.25) is 11.8 Å². The fourth-order valence-corrected chi connectivity index (χ4v) is 3.95. The van der Waals surface area contributed by atoms with E-state index in [1.165, 1.54) is 11.1 Å². The van der Waals surface area contributed by atoms with Crippen LogP contribution in [0.25, 0.3) is 11.5 Å². The summed E-state index contributed by atoms with van der Waals surface area (Å²) in [6.07, 6.45) is 0.973. The summed E-state index contributed by atoms with van der Waals surface area (Å²) in [5.74, 6) is 1.05. The summed E-state index contributed by atoms with van der Waals surface area (Å²) < 4.78 is 18.2. The summed E-state index contributed by atoms with van der Waals surface area (Å²) in [4.78, 5) is 16.6. The van der Waals surface area contributed by atoms with Gasteiger partial charge in [-0.1, -0.05) is 48.9 Å². The van der Waals surface area contributed by atoms with Crippen molar-refractivity contribution in [2.75, 3.05) is 5.75 Å². The lowest BCUT2D eigenvalue weighted by Crippen LogP contribution is -2.28. The Hall–Kier alpha value is -2.73. The lowest BCUT2D eigenvalue weighted by molar-refractivity contribution is -0.118. The average Bonchev–Trinajstić information content (AvgIpc) is 3.07. The van der Waals surface area contributed by atoms with Crippen molar-refractivity contribution >= 4 is 16.7 Å². The summed E-state index contributed by atoms with van der Waals surface area (Å²) in [6.45, 7) is 6.36. The molecule has 5 nitrogen and oxygen atoms in total. The number of amides is 1. The van der Waals surface area contributed by atoms with Crippen LogP contribution in [0.5, 0.6) is 0 Å². The molecular weight excluding hydrogens is 384 g/mol. The van der Waals surface area contributed by atoms with Crippen LogP contribution in [0.15, 0.2) is 52.9 Å². The van der Waals surface area contributed by atoms with E-state index in [2.05, 4.69) is 17.2 Å². The normalized spacial score (nSPS) is 12.0. The van der Waals surface area contributed by atoms with Gasteiger partial charge in [-0.3, -0.25) is 9.00 Å². The van der Waals surface area contributed by atoms with E-state index in [4.69, 9.17) is 4.42 Å². The second kappa shape index (κ2) is 9.65. The third kappa shape index (κ3) is 5.87. The number of nitrogens with zero attached hydrogens (tertiary/aromatic N) is 1. The smallest absolute Gasteiger partial charge is 0.232 e. The molecule has 6 heteroatoms. The van der Waals surface area contributed by atoms with E-state index in [0.29, 0.717) is 23.9 Å². The predicted molar refractivity (Wildman–Crippen MR) is 116 cm³/mol. The van der Waals surface area contributed by atoms with Crippen molar-refractivity contribution in [3.63, 3.8) is 0 Å². The van der Waals surface area contributed by atoms with Gasteiger partial charge in [-0.05, 0) is 43.5 Å². The first-order valence-electron chi connectivity index (χ1n) is 9.67. The molecule has 0 unspecified atom stereocenters. The number of carbonyl (C=O) groups is 1. The zero-order valence-electron chi connectivity index (χ0n) is 17.0. The first-order chi connectivity index (χ1) is 13.9. The first-order valence-corrected chi connectivity index (χ1v) is 11.2. The van der Waals surface area contributed by atoms with Gasteiger partial charge in [-0.15, -0.1) is 0 Å². The Morgan fingerprint density at radius 1 is 1.03 bits per heavy atom. The van der Waals surface area contributed by atoms with Crippen LogP contribution in [0.1, 0.15) is 35.1 Å². The molecule has 1 amide bonds. The highest BCUT2D eigenvalue weighted by Gasteiger charge is 2.16. The molecule has 1 aromatic heterocycles. The van der Waals surface area contributed by atoms with Crippen LogP contribution >= 0.6 is 0 Å². The van der Waals surface area contributed by atoms with E-state index < -0.39 is 10.8 Å². The highest BCUT2D eigenvalue weighted by Crippen LogP contribution is 2.23. The van der Waals surface area contributed by atoms with Gasteiger partial charge in [0.1, 0.15) is 11.5 Å². The van der Waals surface area contributed by atoms with E-state index in [1.54, 1.807) is 6.92 Å². The minimum absolute atomic E-state index is 0.0569. The lowest BCUT2D eigenvalue weighted by Gasteiger charge is -2.05. The SMILES string of the molecule is CCc1ccc(-c2nc(C[S@@](=O)CC(=O)NCc3ccc(C)cc3)c(C)o2)cc1. The molecule has 29 heavy (non-hydrogen) atoms. The minimum Gasteiger partial charge on any atom is -0.441 e. The number of benzene rings is 2. The van der Waals surface area contributed by atoms with Crippen molar-refractivity contribution in [1.29, 1.82) is 0 Å². The van der Waals surface area contributed by atoms with Crippen molar-refractivity contribution in [2.24, 2.45) is 0 Å². The van der Waals surface area contributed by atoms with Gasteiger partial charge in [0.25, 0.3) is 0 Å². The Morgan fingerprint density at radius 3 is 2.34 bits per heavy atom. The van der Waals surface area contributed by atoms with Crippen LogP contribution in [-0.2, 0) is 34.3 Å². The molecule has 2 aromatic carbocycles. The second-order valence-electron chi connectivity index (χ2n) is 7.06. The third-order valence-corrected chi connectivity index (χ3v) is 5.88. The molecule has 0 aliphatic heterocycles. The van der Waals surface area contributed by atoms with Crippen LogP contribution < -0.4 is 5.32 Å². The standard InChI is InChI=1S/C23H26N2O3S/c1-4-18-9-11-20(12-10-18)23-25-21(17(3)28-23)14-29(27)15-22(26)24-13-19-7-5-16(2)6-8-19/h5-12H,4,13-15H2,1-3H3,(H,24,26)/t29-/m1/s1. The fraction of sp³-hybridized carbons (Fsp3) is 0.304. The van der Waals surface area contributed by atoms with Crippen molar-refractivity contribution in [3.8, 4) is 11.5 Å². The highest BCUT2D eigenvalue weighted by molar-refractivity contribution is 7.84. The molecule has 3 aromatic rings. The van der Waals surface area contributed by atoms with Crippen LogP contribution in [0.4, 0.5) is 0 Å². The maximum Gasteiger partial charge on any atom is 0.232 e. The van der Waals surface area contributed by atoms with E-state index in [9.17, 15) is 9.00 Å². The zero-order chi connectivity index (χ0) is 20.8. The van der Waals surface area contributed by atoms with E-state index >= 15 is 0 Å². The predicted octanol–water partition coefficient (Wildman–Crippen LogP) is 4.09. The maximum absolute atomic E-state index is 12.4. The molecule has 0 spiro atoms. The molecule has 0 fully saturated rings. The molecule has 152 valence electrons. The monoisotopic (exact) mass is 410 g/mol. The Bertz CT molecular complexity index is 992. The largest absolute Gasteiger partial charge is 0.441 e. The number of hydrogen-bond acceptors (Lipinski definition) is 4. The van der Waals surface area contributed by atoms with Gasteiger partial charge in [-0.25, -0.2) is 4.98 Å². The van der Waals surface area contributed by atoms with Crippen molar-refractivity contribution in [2.45, 2.75) is 39.5 Å². The molecule has 0 bridgehead atoms. The molecule has 1 heterocycles. The molecule has 1 atom stereocenters. The number of nitrogens with one attached hydrogen (secondary N) is 1. The second-order valence-corrected chi connectivity index (χ2v) is 8.52. The number of aromatic nitrogens is 1. The number of oxazole rings is 1. The van der Waals surface area contributed by atoms with Crippen molar-refractivity contribution in [3.05, 3.63) is 76.7 Å². The summed E-state index contributed by atoms with van der Waals surface area (Å²) in [7, 11) is -1.36. The first kappa shape index (κ1) is 21.0. The maximum atomic E-state index is 12.4. The van der Waals surface area contributed by atoms with Gasteiger partial charge >= 0.3 is 0 Å². The van der Waals surface area contributed by atoms with Crippen LogP contribution in [0.2, 0.25) is 0 Å². The number of aryl methyl sites for hydroxylation is 3. The van der Waals surface area contributed by atoms with Gasteiger partial charge in [0, 0.05) is 22.9 Å². The van der Waals surface area contributed by atoms with E-state index in [0.717, 1.165) is 17.5 Å². The molecule has 0 saturated heterocycles. The Morgan fingerprint density at radius 2 is 1.69 bits per heavy atom. The zero-order valence-corrected chi connectivity index (χ0v) is 17.8. The molecule has 0 radical (unpaired) electrons. The van der Waals surface area contributed by atoms with E-state index in [-0.39, 0.29) is 17.4 Å². The Kier molecular flexibility index (Phi) is 6.99. The number of rotatable bonds is 8. The Labute approximate surface area is 174 Å². The summed E-state index contributed by atoms with van der Waals surface area (Å²) >= 11 is 0. The van der Waals surface area contributed by atoms with Gasteiger partial charge in [-0.2, -0.15) is 0 Å². The highest BCUT2D eigenvalue weighted by atomic mass is 32.2. The molecular formula is C23H26N2O3S. The third-order valence-electron chi connectivity index (χ3n) is 4.70. The molecule has 1 N–H and O–H groups in total. The minimum atomic E-state index is -1.36. The van der Waals surface area contributed by atoms with Crippen molar-refractivity contribution < 1.29 is 13.4 Å². The van der Waals surface area contributed by atoms with Gasteiger partial charge < -0.3 is 9.73 Å². The average molecular weight is 411 g/mol. The lowest BCUT2D eigenvalue weighted by atomic mass is 10.1. The van der Waals surface area contributed by atoms with Crippen LogP contribution in [-0.4, -0.2) is 20.9 Å². The summed E-state index contributed by atoms with van der Waals surface area (Å²) in [5, 5.41) is 2.82. The molecule has 3 rings (SSSR count). The van der Waals surface area contributed by atoms with Crippen LogP contribution in [0.3, 0.4) is 0 Å².